The maximum atomic E-state index is 5.09. The van der Waals surface area contributed by atoms with E-state index < -0.39 is 0 Å². The van der Waals surface area contributed by atoms with Gasteiger partial charge in [0, 0.05) is 4.81 Å². The lowest BCUT2D eigenvalue weighted by atomic mass is 10.3. The molecule has 0 spiro atoms. The number of quaternary nitrogens is 1. The van der Waals surface area contributed by atoms with E-state index in [0.29, 0.717) is 0 Å². The Labute approximate surface area is 67.3 Å². The van der Waals surface area contributed by atoms with Crippen LogP contribution in [-0.4, -0.2) is 16.9 Å². The third-order valence-electron chi connectivity index (χ3n) is 1.77. The zero-order chi connectivity index (χ0) is 9.07. The van der Waals surface area contributed by atoms with Crippen molar-refractivity contribution in [3.05, 3.63) is 0 Å². The molecule has 0 atom stereocenters. The summed E-state index contributed by atoms with van der Waals surface area (Å²) in [6.07, 6.45) is 0. The molecular weight excluding hydrogens is 146 g/mol. The van der Waals surface area contributed by atoms with E-state index in [4.69, 9.17) is 21.7 Å². The molecule has 5 nitrogen and oxygen atoms in total. The summed E-state index contributed by atoms with van der Waals surface area (Å²) in [6, 6.07) is 0.120. The monoisotopic (exact) mass is 164 g/mol. The van der Waals surface area contributed by atoms with Gasteiger partial charge >= 0.3 is 0 Å². The van der Waals surface area contributed by atoms with Crippen molar-refractivity contribution in [1.29, 1.82) is 0 Å². The van der Waals surface area contributed by atoms with E-state index in [-0.39, 0.29) is 16.9 Å². The maximum absolute atomic E-state index is 5.09. The average molecular weight is 164 g/mol. The molecule has 0 fully saturated rings. The highest BCUT2D eigenvalue weighted by molar-refractivity contribution is 4.39. The Bertz CT molecular complexity index is 102. The third-order valence-corrected chi connectivity index (χ3v) is 1.77. The first-order chi connectivity index (χ1) is 5.01. The summed E-state index contributed by atoms with van der Waals surface area (Å²) in [6.45, 7) is 7.67. The molecule has 68 valence electrons. The van der Waals surface area contributed by atoms with Gasteiger partial charge < -0.3 is 0 Å². The van der Waals surface area contributed by atoms with E-state index in [1.54, 1.807) is 0 Å². The van der Waals surface area contributed by atoms with Crippen LogP contribution in [0.5, 0.6) is 0 Å². The minimum Gasteiger partial charge on any atom is -0.157 e. The highest BCUT2D eigenvalue weighted by Gasteiger charge is 2.39. The quantitative estimate of drug-likeness (QED) is 0.461. The van der Waals surface area contributed by atoms with Gasteiger partial charge in [-0.2, -0.15) is 11.8 Å². The van der Waals surface area contributed by atoms with Crippen molar-refractivity contribution in [3.8, 4) is 0 Å². The lowest BCUT2D eigenvalue weighted by Gasteiger charge is -2.34. The molecule has 4 N–H and O–H groups in total. The SMILES string of the molecule is CC(C)[N+](ON)(ON)C(C)C. The van der Waals surface area contributed by atoms with E-state index in [0.717, 1.165) is 0 Å². The Hall–Kier alpha value is -0.200. The molecule has 0 aromatic heterocycles. The second kappa shape index (κ2) is 3.99. The Morgan fingerprint density at radius 1 is 0.909 bits per heavy atom. The zero-order valence-corrected chi connectivity index (χ0v) is 7.57. The van der Waals surface area contributed by atoms with Gasteiger partial charge in [0.15, 0.2) is 12.1 Å². The topological polar surface area (TPSA) is 70.5 Å². The molecular formula is C6H18N3O2+. The molecule has 0 aromatic rings. The van der Waals surface area contributed by atoms with Crippen LogP contribution < -0.4 is 11.8 Å². The van der Waals surface area contributed by atoms with E-state index in [2.05, 4.69) is 0 Å². The van der Waals surface area contributed by atoms with Crippen LogP contribution in [0.15, 0.2) is 0 Å². The smallest absolute Gasteiger partial charge is 0.151 e. The van der Waals surface area contributed by atoms with Crippen LogP contribution in [0.1, 0.15) is 27.7 Å². The Balaban J connectivity index is 4.46. The van der Waals surface area contributed by atoms with Gasteiger partial charge in [0.05, 0.1) is 0 Å². The number of hydrogen-bond donors (Lipinski definition) is 2. The number of hydroxylamine groups is 4. The van der Waals surface area contributed by atoms with Crippen molar-refractivity contribution < 1.29 is 14.7 Å². The van der Waals surface area contributed by atoms with E-state index in [9.17, 15) is 0 Å². The van der Waals surface area contributed by atoms with Crippen LogP contribution in [0.3, 0.4) is 0 Å². The van der Waals surface area contributed by atoms with Crippen LogP contribution >= 0.6 is 0 Å². The second-order valence-electron chi connectivity index (χ2n) is 3.04. The van der Waals surface area contributed by atoms with Crippen molar-refractivity contribution in [1.82, 2.24) is 0 Å². The van der Waals surface area contributed by atoms with Crippen molar-refractivity contribution in [3.63, 3.8) is 0 Å². The third kappa shape index (κ3) is 1.88. The van der Waals surface area contributed by atoms with Crippen molar-refractivity contribution in [2.75, 3.05) is 0 Å². The lowest BCUT2D eigenvalue weighted by molar-refractivity contribution is -1.28. The molecule has 0 heterocycles. The summed E-state index contributed by atoms with van der Waals surface area (Å²) in [5, 5.41) is 0. The Kier molecular flexibility index (Phi) is 3.91. The lowest BCUT2D eigenvalue weighted by Crippen LogP contribution is -2.60. The van der Waals surface area contributed by atoms with Crippen LogP contribution in [0.2, 0.25) is 0 Å². The summed E-state index contributed by atoms with van der Waals surface area (Å²) in [7, 11) is 0. The minimum absolute atomic E-state index is 0.0602. The van der Waals surface area contributed by atoms with E-state index >= 15 is 0 Å². The van der Waals surface area contributed by atoms with Crippen molar-refractivity contribution >= 4 is 0 Å². The van der Waals surface area contributed by atoms with Crippen molar-refractivity contribution in [2.24, 2.45) is 11.8 Å². The number of hydrogen-bond acceptors (Lipinski definition) is 4. The first-order valence-electron chi connectivity index (χ1n) is 3.66. The van der Waals surface area contributed by atoms with Gasteiger partial charge in [-0.25, -0.2) is 0 Å². The van der Waals surface area contributed by atoms with Crippen LogP contribution in [-0.2, 0) is 9.88 Å². The highest BCUT2D eigenvalue weighted by atomic mass is 17.1. The minimum atomic E-state index is -0.194. The molecule has 0 bridgehead atoms. The zero-order valence-electron chi connectivity index (χ0n) is 7.57. The predicted octanol–water partition coefficient (Wildman–Crippen LogP) is 0.231. The summed E-state index contributed by atoms with van der Waals surface area (Å²) in [4.78, 5) is 9.21. The molecule has 0 unspecified atom stereocenters. The molecule has 0 aliphatic heterocycles. The fraction of sp³-hybridized carbons (Fsp3) is 1.00. The molecule has 0 aromatic carbocycles. The molecule has 11 heavy (non-hydrogen) atoms. The fourth-order valence-corrected chi connectivity index (χ4v) is 1.11. The summed E-state index contributed by atoms with van der Waals surface area (Å²) < 4.78 is 0. The number of nitrogens with two attached hydrogens (primary N) is 2. The Morgan fingerprint density at radius 2 is 1.18 bits per heavy atom. The molecule has 0 rings (SSSR count). The van der Waals surface area contributed by atoms with Gasteiger partial charge in [-0.1, -0.05) is 9.88 Å². The molecule has 0 amide bonds. The maximum Gasteiger partial charge on any atom is 0.151 e. The highest BCUT2D eigenvalue weighted by Crippen LogP contribution is 2.17. The van der Waals surface area contributed by atoms with Gasteiger partial charge in [0.1, 0.15) is 0 Å². The molecule has 0 saturated carbocycles. The average Bonchev–Trinajstić information content (AvgIpc) is 1.90. The van der Waals surface area contributed by atoms with E-state index in [1.165, 1.54) is 0 Å². The first kappa shape index (κ1) is 10.8. The molecule has 0 aliphatic carbocycles. The van der Waals surface area contributed by atoms with Crippen molar-refractivity contribution in [2.45, 2.75) is 39.8 Å². The standard InChI is InChI=1S/C6H18N3O2/c1-5(2)9(10-7,11-8)6(3)4/h5-6H,7-8H2,1-4H3/q+1. The molecule has 5 heteroatoms. The van der Waals surface area contributed by atoms with E-state index in [1.807, 2.05) is 27.7 Å². The van der Waals surface area contributed by atoms with Gasteiger partial charge in [-0.3, -0.25) is 0 Å². The second-order valence-corrected chi connectivity index (χ2v) is 3.04. The largest absolute Gasteiger partial charge is 0.157 e. The predicted molar refractivity (Wildman–Crippen MR) is 41.1 cm³/mol. The molecule has 0 saturated heterocycles. The Morgan fingerprint density at radius 3 is 1.18 bits per heavy atom. The number of rotatable bonds is 4. The first-order valence-corrected chi connectivity index (χ1v) is 3.66. The summed E-state index contributed by atoms with van der Waals surface area (Å²) >= 11 is 0. The van der Waals surface area contributed by atoms with Crippen LogP contribution in [0.25, 0.3) is 0 Å². The van der Waals surface area contributed by atoms with Gasteiger partial charge in [-0.15, -0.1) is 0 Å². The summed E-state index contributed by atoms with van der Waals surface area (Å²) in [5.41, 5.74) is 0. The fourth-order valence-electron chi connectivity index (χ4n) is 1.11. The molecule has 0 aliphatic rings. The van der Waals surface area contributed by atoms with Gasteiger partial charge in [-0.05, 0) is 27.7 Å². The van der Waals surface area contributed by atoms with Crippen LogP contribution in [0.4, 0.5) is 0 Å². The van der Waals surface area contributed by atoms with Crippen LogP contribution in [0, 0.1) is 0 Å². The normalized spacial score (nSPS) is 13.1. The van der Waals surface area contributed by atoms with Gasteiger partial charge in [0.25, 0.3) is 0 Å². The molecule has 0 radical (unpaired) electrons. The van der Waals surface area contributed by atoms with Gasteiger partial charge in [0.2, 0.25) is 0 Å². The number of nitrogens with zero attached hydrogens (tertiary/aromatic N) is 1. The summed E-state index contributed by atoms with van der Waals surface area (Å²) in [5.74, 6) is 10.2.